The summed E-state index contributed by atoms with van der Waals surface area (Å²) >= 11 is 0. The highest BCUT2D eigenvalue weighted by Crippen LogP contribution is 2.32. The molecule has 0 aliphatic carbocycles. The Morgan fingerprint density at radius 1 is 0.610 bits per heavy atom. The normalized spacial score (nSPS) is 11.4. The SMILES string of the molecule is Cc1cc(-c2c3ccc([Si](c4ccccc4)(c4ccccc4)c4ccccc4)cc3cc[n+]2C)c(C)c(C)c1C#N. The lowest BCUT2D eigenvalue weighted by Gasteiger charge is -2.34. The molecule has 2 nitrogen and oxygen atoms in total. The molecule has 1 aromatic heterocycles. The molecule has 6 aromatic rings. The molecule has 0 aliphatic rings. The zero-order chi connectivity index (χ0) is 28.6. The minimum absolute atomic E-state index is 0.779. The molecule has 41 heavy (non-hydrogen) atoms. The molecule has 0 saturated carbocycles. The fourth-order valence-electron chi connectivity index (χ4n) is 6.51. The summed E-state index contributed by atoms with van der Waals surface area (Å²) < 4.78 is 2.21. The monoisotopic (exact) mass is 545 g/mol. The number of aromatic nitrogens is 1. The Balaban J connectivity index is 1.68. The molecule has 0 fully saturated rings. The summed E-state index contributed by atoms with van der Waals surface area (Å²) in [5.41, 5.74) is 6.36. The smallest absolute Gasteiger partial charge is 0.200 e. The van der Waals surface area contributed by atoms with Crippen LogP contribution < -0.4 is 25.3 Å². The lowest BCUT2D eigenvalue weighted by atomic mass is 9.91. The predicted molar refractivity (Wildman–Crippen MR) is 173 cm³/mol. The molecule has 5 aromatic carbocycles. The molecule has 0 atom stereocenters. The largest absolute Gasteiger partial charge is 0.220 e. The Labute approximate surface area is 243 Å². The lowest BCUT2D eigenvalue weighted by Crippen LogP contribution is -2.74. The van der Waals surface area contributed by atoms with Gasteiger partial charge in [0.05, 0.1) is 22.6 Å². The van der Waals surface area contributed by atoms with E-state index in [1.54, 1.807) is 0 Å². The van der Waals surface area contributed by atoms with Gasteiger partial charge in [0.15, 0.2) is 14.3 Å². The van der Waals surface area contributed by atoms with E-state index in [9.17, 15) is 5.26 Å². The molecule has 198 valence electrons. The van der Waals surface area contributed by atoms with E-state index >= 15 is 0 Å². The maximum Gasteiger partial charge on any atom is 0.220 e. The molecule has 6 rings (SSSR count). The number of benzene rings is 5. The Morgan fingerprint density at radius 2 is 1.15 bits per heavy atom. The fourth-order valence-corrected chi connectivity index (χ4v) is 11.3. The molecule has 1 heterocycles. The molecule has 0 amide bonds. The van der Waals surface area contributed by atoms with Gasteiger partial charge in [0.1, 0.15) is 7.05 Å². The van der Waals surface area contributed by atoms with Gasteiger partial charge in [0, 0.05) is 6.07 Å². The number of aryl methyl sites for hydroxylation is 2. The molecular formula is C38H33N2Si+. The highest BCUT2D eigenvalue weighted by Gasteiger charge is 2.41. The van der Waals surface area contributed by atoms with Gasteiger partial charge in [-0.25, -0.2) is 4.57 Å². The van der Waals surface area contributed by atoms with E-state index in [0.717, 1.165) is 22.3 Å². The second kappa shape index (κ2) is 10.7. The second-order valence-corrected chi connectivity index (χ2v) is 14.7. The van der Waals surface area contributed by atoms with Gasteiger partial charge in [-0.3, -0.25) is 0 Å². The van der Waals surface area contributed by atoms with Crippen molar-refractivity contribution in [2.45, 2.75) is 20.8 Å². The van der Waals surface area contributed by atoms with Crippen LogP contribution >= 0.6 is 0 Å². The van der Waals surface area contributed by atoms with Crippen LogP contribution in [0.1, 0.15) is 22.3 Å². The van der Waals surface area contributed by atoms with Crippen molar-refractivity contribution in [2.75, 3.05) is 0 Å². The summed E-state index contributed by atoms with van der Waals surface area (Å²) in [6, 6.07) is 47.1. The number of hydrogen-bond acceptors (Lipinski definition) is 1. The van der Waals surface area contributed by atoms with Gasteiger partial charge in [-0.2, -0.15) is 5.26 Å². The van der Waals surface area contributed by atoms with Crippen molar-refractivity contribution >= 4 is 39.6 Å². The van der Waals surface area contributed by atoms with E-state index in [1.165, 1.54) is 42.8 Å². The number of fused-ring (bicyclic) bond motifs is 1. The van der Waals surface area contributed by atoms with Crippen LogP contribution in [0.25, 0.3) is 22.0 Å². The number of rotatable bonds is 5. The first-order chi connectivity index (χ1) is 20.0. The Bertz CT molecular complexity index is 1830. The van der Waals surface area contributed by atoms with Crippen molar-refractivity contribution in [2.24, 2.45) is 7.05 Å². The summed E-state index contributed by atoms with van der Waals surface area (Å²) in [6.07, 6.45) is 2.17. The standard InChI is InChI=1S/C38H33N2Si/c1-27-24-36(28(2)29(3)37(27)26-39)38-35-21-20-34(25-30(35)22-23-40(38)4)41(31-14-8-5-9-15-31,32-16-10-6-11-17-32)33-18-12-7-13-19-33/h5-25H,1-4H3/q+1. The zero-order valence-electron chi connectivity index (χ0n) is 24.0. The highest BCUT2D eigenvalue weighted by atomic mass is 28.3. The summed E-state index contributed by atoms with van der Waals surface area (Å²) in [5, 5.41) is 17.6. The van der Waals surface area contributed by atoms with Crippen molar-refractivity contribution in [3.8, 4) is 17.3 Å². The maximum atomic E-state index is 9.75. The van der Waals surface area contributed by atoms with Crippen LogP contribution in [0.5, 0.6) is 0 Å². The third-order valence-electron chi connectivity index (χ3n) is 8.65. The molecule has 0 radical (unpaired) electrons. The average molecular weight is 546 g/mol. The summed E-state index contributed by atoms with van der Waals surface area (Å²) in [7, 11) is -0.498. The third kappa shape index (κ3) is 4.29. The van der Waals surface area contributed by atoms with E-state index in [4.69, 9.17) is 0 Å². The van der Waals surface area contributed by atoms with Gasteiger partial charge in [-0.05, 0) is 75.7 Å². The van der Waals surface area contributed by atoms with Gasteiger partial charge in [-0.1, -0.05) is 103 Å². The molecule has 3 heteroatoms. The molecule has 0 aliphatic heterocycles. The van der Waals surface area contributed by atoms with E-state index in [0.29, 0.717) is 0 Å². The van der Waals surface area contributed by atoms with Crippen molar-refractivity contribution in [3.05, 3.63) is 150 Å². The predicted octanol–water partition coefficient (Wildman–Crippen LogP) is 5.51. The zero-order valence-corrected chi connectivity index (χ0v) is 25.0. The highest BCUT2D eigenvalue weighted by molar-refractivity contribution is 7.20. The minimum Gasteiger partial charge on any atom is -0.200 e. The topological polar surface area (TPSA) is 27.7 Å². The van der Waals surface area contributed by atoms with Crippen molar-refractivity contribution in [1.29, 1.82) is 5.26 Å². The number of nitrogens with zero attached hydrogens (tertiary/aromatic N) is 2. The first-order valence-electron chi connectivity index (χ1n) is 14.1. The van der Waals surface area contributed by atoms with Gasteiger partial charge < -0.3 is 0 Å². The molecular weight excluding hydrogens is 513 g/mol. The van der Waals surface area contributed by atoms with Crippen molar-refractivity contribution in [3.63, 3.8) is 0 Å². The van der Waals surface area contributed by atoms with Crippen LogP contribution in [0.4, 0.5) is 0 Å². The van der Waals surface area contributed by atoms with Gasteiger partial charge in [0.25, 0.3) is 0 Å². The van der Waals surface area contributed by atoms with Crippen LogP contribution in [0, 0.1) is 32.1 Å². The fraction of sp³-hybridized carbons (Fsp3) is 0.105. The maximum absolute atomic E-state index is 9.75. The average Bonchev–Trinajstić information content (AvgIpc) is 3.01. The number of nitriles is 1. The summed E-state index contributed by atoms with van der Waals surface area (Å²) in [6.45, 7) is 6.24. The van der Waals surface area contributed by atoms with Gasteiger partial charge in [-0.15, -0.1) is 0 Å². The molecule has 0 saturated heterocycles. The molecule has 0 unspecified atom stereocenters. The minimum atomic E-state index is -2.61. The second-order valence-electron chi connectivity index (χ2n) is 10.9. The van der Waals surface area contributed by atoms with Crippen molar-refractivity contribution < 1.29 is 4.57 Å². The van der Waals surface area contributed by atoms with E-state index in [1.807, 2.05) is 6.92 Å². The Kier molecular flexibility index (Phi) is 6.87. The summed E-state index contributed by atoms with van der Waals surface area (Å²) in [5.74, 6) is 0. The van der Waals surface area contributed by atoms with Crippen LogP contribution in [-0.2, 0) is 7.05 Å². The third-order valence-corrected chi connectivity index (χ3v) is 13.4. The molecule has 0 bridgehead atoms. The first-order valence-corrected chi connectivity index (χ1v) is 16.1. The van der Waals surface area contributed by atoms with Crippen LogP contribution in [0.15, 0.2) is 128 Å². The molecule has 0 spiro atoms. The van der Waals surface area contributed by atoms with Crippen LogP contribution in [0.2, 0.25) is 0 Å². The Hall–Kier alpha value is -4.78. The van der Waals surface area contributed by atoms with Gasteiger partial charge in [0.2, 0.25) is 5.69 Å². The number of pyridine rings is 1. The lowest BCUT2D eigenvalue weighted by molar-refractivity contribution is -0.659. The van der Waals surface area contributed by atoms with Gasteiger partial charge >= 0.3 is 0 Å². The molecule has 0 N–H and O–H groups in total. The quantitative estimate of drug-likeness (QED) is 0.160. The van der Waals surface area contributed by atoms with Crippen LogP contribution in [0.3, 0.4) is 0 Å². The summed E-state index contributed by atoms with van der Waals surface area (Å²) in [4.78, 5) is 0. The van der Waals surface area contributed by atoms with E-state index in [2.05, 4.69) is 159 Å². The number of hydrogen-bond donors (Lipinski definition) is 0. The van der Waals surface area contributed by atoms with Crippen LogP contribution in [-0.4, -0.2) is 8.07 Å². The van der Waals surface area contributed by atoms with E-state index < -0.39 is 8.07 Å². The van der Waals surface area contributed by atoms with E-state index in [-0.39, 0.29) is 0 Å². The van der Waals surface area contributed by atoms with Crippen molar-refractivity contribution in [1.82, 2.24) is 0 Å². The first kappa shape index (κ1) is 26.4. The Morgan fingerprint density at radius 3 is 1.66 bits per heavy atom.